The summed E-state index contributed by atoms with van der Waals surface area (Å²) in [6.45, 7) is 2.93. The fourth-order valence-electron chi connectivity index (χ4n) is 2.22. The molecule has 5 nitrogen and oxygen atoms in total. The number of sulfonamides is 1. The van der Waals surface area contributed by atoms with Crippen LogP contribution in [0.1, 0.15) is 12.0 Å². The number of hydrogen-bond acceptors (Lipinski definition) is 4. The number of rotatable bonds is 3. The van der Waals surface area contributed by atoms with Gasteiger partial charge in [0.15, 0.2) is 0 Å². The maximum atomic E-state index is 12.4. The predicted molar refractivity (Wildman–Crippen MR) is 77.2 cm³/mol. The smallest absolute Gasteiger partial charge is 0.218 e. The van der Waals surface area contributed by atoms with Crippen molar-refractivity contribution in [3.05, 3.63) is 29.8 Å². The van der Waals surface area contributed by atoms with Crippen LogP contribution in [0.3, 0.4) is 0 Å². The molecule has 2 rings (SSSR count). The minimum Gasteiger partial charge on any atom is -0.399 e. The van der Waals surface area contributed by atoms with Crippen molar-refractivity contribution >= 4 is 15.7 Å². The molecule has 0 aliphatic carbocycles. The number of nitrogens with zero attached hydrogens (tertiary/aromatic N) is 2. The second-order valence-electron chi connectivity index (χ2n) is 5.05. The van der Waals surface area contributed by atoms with E-state index in [0.717, 1.165) is 25.1 Å². The van der Waals surface area contributed by atoms with Crippen LogP contribution in [0.4, 0.5) is 5.69 Å². The third-order valence-electron chi connectivity index (χ3n) is 3.40. The van der Waals surface area contributed by atoms with Crippen LogP contribution in [0.15, 0.2) is 24.3 Å². The minimum absolute atomic E-state index is 0.0526. The number of hydrogen-bond donors (Lipinski definition) is 1. The quantitative estimate of drug-likeness (QED) is 0.831. The molecule has 1 saturated heterocycles. The molecule has 0 spiro atoms. The van der Waals surface area contributed by atoms with E-state index in [2.05, 4.69) is 4.90 Å². The lowest BCUT2D eigenvalue weighted by Gasteiger charge is -2.20. The highest BCUT2D eigenvalue weighted by atomic mass is 32.2. The van der Waals surface area contributed by atoms with Crippen molar-refractivity contribution < 1.29 is 8.42 Å². The Bertz CT molecular complexity index is 513. The molecule has 1 aliphatic rings. The molecule has 1 aliphatic heterocycles. The molecule has 1 heterocycles. The second kappa shape index (κ2) is 5.90. The highest BCUT2D eigenvalue weighted by molar-refractivity contribution is 7.88. The summed E-state index contributed by atoms with van der Waals surface area (Å²) in [7, 11) is -1.21. The summed E-state index contributed by atoms with van der Waals surface area (Å²) < 4.78 is 26.4. The van der Waals surface area contributed by atoms with Gasteiger partial charge >= 0.3 is 0 Å². The van der Waals surface area contributed by atoms with Crippen molar-refractivity contribution in [1.82, 2.24) is 9.21 Å². The van der Waals surface area contributed by atoms with Crippen molar-refractivity contribution in [2.45, 2.75) is 12.2 Å². The summed E-state index contributed by atoms with van der Waals surface area (Å²) in [6.07, 6.45) is 0.886. The van der Waals surface area contributed by atoms with Gasteiger partial charge in [0.2, 0.25) is 10.0 Å². The average Bonchev–Trinajstić information content (AvgIpc) is 2.57. The second-order valence-corrected chi connectivity index (χ2v) is 7.02. The molecule has 6 heteroatoms. The van der Waals surface area contributed by atoms with Crippen LogP contribution in [0.2, 0.25) is 0 Å². The summed E-state index contributed by atoms with van der Waals surface area (Å²) in [5.74, 6) is 0.0526. The largest absolute Gasteiger partial charge is 0.399 e. The molecule has 0 atom stereocenters. The van der Waals surface area contributed by atoms with Crippen LogP contribution in [0, 0.1) is 0 Å². The molecule has 0 bridgehead atoms. The van der Waals surface area contributed by atoms with E-state index < -0.39 is 10.0 Å². The molecular weight excluding hydrogens is 262 g/mol. The summed E-state index contributed by atoms with van der Waals surface area (Å²) in [5, 5.41) is 0. The summed E-state index contributed by atoms with van der Waals surface area (Å²) in [5.41, 5.74) is 7.04. The third-order valence-corrected chi connectivity index (χ3v) is 5.25. The standard InChI is InChI=1S/C13H21N3O2S/c1-15-7-2-8-16(10-9-15)19(17,18)11-12-3-5-13(14)6-4-12/h3-6H,2,7-11,14H2,1H3. The molecule has 1 aromatic carbocycles. The van der Waals surface area contributed by atoms with Gasteiger partial charge in [-0.05, 0) is 37.7 Å². The Morgan fingerprint density at radius 3 is 2.47 bits per heavy atom. The molecule has 19 heavy (non-hydrogen) atoms. The summed E-state index contributed by atoms with van der Waals surface area (Å²) in [4.78, 5) is 2.17. The van der Waals surface area contributed by atoms with Crippen molar-refractivity contribution in [1.29, 1.82) is 0 Å². The zero-order valence-electron chi connectivity index (χ0n) is 11.2. The van der Waals surface area contributed by atoms with Crippen molar-refractivity contribution in [3.63, 3.8) is 0 Å². The molecular formula is C13H21N3O2S. The zero-order chi connectivity index (χ0) is 13.9. The summed E-state index contributed by atoms with van der Waals surface area (Å²) >= 11 is 0. The number of nitrogens with two attached hydrogens (primary N) is 1. The van der Waals surface area contributed by atoms with Crippen LogP contribution >= 0.6 is 0 Å². The van der Waals surface area contributed by atoms with Gasteiger partial charge < -0.3 is 10.6 Å². The molecule has 0 aromatic heterocycles. The lowest BCUT2D eigenvalue weighted by Crippen LogP contribution is -2.35. The molecule has 1 fully saturated rings. The van der Waals surface area contributed by atoms with Crippen molar-refractivity contribution in [2.24, 2.45) is 0 Å². The van der Waals surface area contributed by atoms with Crippen LogP contribution in [-0.4, -0.2) is 50.8 Å². The van der Waals surface area contributed by atoms with Crippen molar-refractivity contribution in [3.8, 4) is 0 Å². The van der Waals surface area contributed by atoms with Crippen molar-refractivity contribution in [2.75, 3.05) is 39.0 Å². The van der Waals surface area contributed by atoms with E-state index in [-0.39, 0.29) is 5.75 Å². The van der Waals surface area contributed by atoms with E-state index in [1.807, 2.05) is 7.05 Å². The van der Waals surface area contributed by atoms with Gasteiger partial charge in [0.25, 0.3) is 0 Å². The van der Waals surface area contributed by atoms with Gasteiger partial charge in [0.1, 0.15) is 0 Å². The first kappa shape index (κ1) is 14.3. The van der Waals surface area contributed by atoms with Gasteiger partial charge in [-0.1, -0.05) is 12.1 Å². The highest BCUT2D eigenvalue weighted by Crippen LogP contribution is 2.14. The topological polar surface area (TPSA) is 66.6 Å². The first-order chi connectivity index (χ1) is 8.97. The Balaban J connectivity index is 2.07. The van der Waals surface area contributed by atoms with E-state index in [1.54, 1.807) is 28.6 Å². The Hall–Kier alpha value is -1.11. The lowest BCUT2D eigenvalue weighted by atomic mass is 10.2. The fraction of sp³-hybridized carbons (Fsp3) is 0.538. The zero-order valence-corrected chi connectivity index (χ0v) is 12.1. The SMILES string of the molecule is CN1CCCN(S(=O)(=O)Cc2ccc(N)cc2)CC1. The molecule has 1 aromatic rings. The molecule has 0 unspecified atom stereocenters. The Morgan fingerprint density at radius 1 is 1.11 bits per heavy atom. The van der Waals surface area contributed by atoms with Crippen LogP contribution in [0.5, 0.6) is 0 Å². The molecule has 106 valence electrons. The van der Waals surface area contributed by atoms with E-state index in [1.165, 1.54) is 0 Å². The Labute approximate surface area is 115 Å². The Kier molecular flexibility index (Phi) is 4.44. The molecule has 2 N–H and O–H groups in total. The molecule has 0 saturated carbocycles. The van der Waals surface area contributed by atoms with Gasteiger partial charge in [-0.25, -0.2) is 12.7 Å². The molecule has 0 amide bonds. The van der Waals surface area contributed by atoms with Gasteiger partial charge in [-0.2, -0.15) is 0 Å². The highest BCUT2D eigenvalue weighted by Gasteiger charge is 2.24. The average molecular weight is 283 g/mol. The van der Waals surface area contributed by atoms with Crippen LogP contribution in [-0.2, 0) is 15.8 Å². The van der Waals surface area contributed by atoms with E-state index in [4.69, 9.17) is 5.73 Å². The van der Waals surface area contributed by atoms with Crippen LogP contribution in [0.25, 0.3) is 0 Å². The van der Waals surface area contributed by atoms with E-state index in [9.17, 15) is 8.42 Å². The Morgan fingerprint density at radius 2 is 1.79 bits per heavy atom. The normalized spacial score (nSPS) is 19.2. The third kappa shape index (κ3) is 3.92. The minimum atomic E-state index is -3.23. The number of benzene rings is 1. The van der Waals surface area contributed by atoms with E-state index >= 15 is 0 Å². The predicted octanol–water partition coefficient (Wildman–Crippen LogP) is 0.736. The van der Waals surface area contributed by atoms with Gasteiger partial charge in [-0.15, -0.1) is 0 Å². The van der Waals surface area contributed by atoms with Gasteiger partial charge in [0.05, 0.1) is 5.75 Å². The van der Waals surface area contributed by atoms with Gasteiger partial charge in [-0.3, -0.25) is 0 Å². The number of anilines is 1. The fourth-order valence-corrected chi connectivity index (χ4v) is 3.78. The van der Waals surface area contributed by atoms with Crippen LogP contribution < -0.4 is 5.73 Å². The van der Waals surface area contributed by atoms with Gasteiger partial charge in [0, 0.05) is 25.3 Å². The maximum Gasteiger partial charge on any atom is 0.218 e. The first-order valence-corrected chi connectivity index (χ1v) is 8.09. The lowest BCUT2D eigenvalue weighted by molar-refractivity contribution is 0.347. The number of likely N-dealkylation sites (N-methyl/N-ethyl adjacent to an activating group) is 1. The monoisotopic (exact) mass is 283 g/mol. The molecule has 0 radical (unpaired) electrons. The first-order valence-electron chi connectivity index (χ1n) is 6.48. The maximum absolute atomic E-state index is 12.4. The number of nitrogen functional groups attached to an aromatic ring is 1. The van der Waals surface area contributed by atoms with E-state index in [0.29, 0.717) is 18.8 Å². The summed E-state index contributed by atoms with van der Waals surface area (Å²) in [6, 6.07) is 7.02.